The molecule has 1 saturated carbocycles. The fourth-order valence-corrected chi connectivity index (χ4v) is 3.23. The van der Waals surface area contributed by atoms with Crippen LogP contribution in [-0.4, -0.2) is 32.8 Å². The van der Waals surface area contributed by atoms with E-state index in [2.05, 4.69) is 0 Å². The highest BCUT2D eigenvalue weighted by molar-refractivity contribution is 8.13. The van der Waals surface area contributed by atoms with Gasteiger partial charge in [-0.2, -0.15) is 0 Å². The van der Waals surface area contributed by atoms with Crippen molar-refractivity contribution in [2.45, 2.75) is 24.7 Å². The molecule has 0 N–H and O–H groups in total. The summed E-state index contributed by atoms with van der Waals surface area (Å²) in [5.74, 6) is -0.664. The summed E-state index contributed by atoms with van der Waals surface area (Å²) in [6.45, 7) is 1.91. The highest BCUT2D eigenvalue weighted by Gasteiger charge is 2.26. The van der Waals surface area contributed by atoms with Crippen LogP contribution < -0.4 is 0 Å². The molecule has 1 aromatic carbocycles. The van der Waals surface area contributed by atoms with Gasteiger partial charge in [-0.15, -0.1) is 0 Å². The second-order valence-electron chi connectivity index (χ2n) is 5.15. The van der Waals surface area contributed by atoms with E-state index in [0.29, 0.717) is 12.5 Å². The van der Waals surface area contributed by atoms with Crippen molar-refractivity contribution in [3.05, 3.63) is 29.1 Å². The van der Waals surface area contributed by atoms with Gasteiger partial charge in [-0.1, -0.05) is 0 Å². The first-order chi connectivity index (χ1) is 9.20. The molecule has 1 amide bonds. The van der Waals surface area contributed by atoms with E-state index in [1.54, 1.807) is 7.05 Å². The zero-order chi connectivity index (χ0) is 15.1. The number of rotatable bonds is 4. The second-order valence-corrected chi connectivity index (χ2v) is 7.68. The molecule has 20 heavy (non-hydrogen) atoms. The van der Waals surface area contributed by atoms with E-state index >= 15 is 0 Å². The highest BCUT2D eigenvalue weighted by atomic mass is 35.7. The Morgan fingerprint density at radius 2 is 2.05 bits per heavy atom. The molecule has 1 fully saturated rings. The number of halogens is 2. The zero-order valence-corrected chi connectivity index (χ0v) is 12.8. The Morgan fingerprint density at radius 1 is 1.45 bits per heavy atom. The van der Waals surface area contributed by atoms with Gasteiger partial charge in [-0.3, -0.25) is 4.79 Å². The predicted molar refractivity (Wildman–Crippen MR) is 73.9 cm³/mol. The summed E-state index contributed by atoms with van der Waals surface area (Å²) >= 11 is 0. The van der Waals surface area contributed by atoms with E-state index in [4.69, 9.17) is 10.7 Å². The van der Waals surface area contributed by atoms with Crippen LogP contribution in [0.15, 0.2) is 17.0 Å². The Hall–Kier alpha value is -1.14. The van der Waals surface area contributed by atoms with Crippen molar-refractivity contribution in [3.8, 4) is 0 Å². The van der Waals surface area contributed by atoms with Crippen molar-refractivity contribution in [3.63, 3.8) is 0 Å². The molecule has 0 unspecified atom stereocenters. The van der Waals surface area contributed by atoms with Crippen LogP contribution in [0.1, 0.15) is 28.8 Å². The fraction of sp³-hybridized carbons (Fsp3) is 0.462. The Balaban J connectivity index is 2.36. The number of carbonyl (C=O) groups is 1. The number of carbonyl (C=O) groups excluding carboxylic acids is 1. The Bertz CT molecular complexity index is 656. The van der Waals surface area contributed by atoms with Gasteiger partial charge in [-0.25, -0.2) is 12.8 Å². The summed E-state index contributed by atoms with van der Waals surface area (Å²) in [6, 6.07) is 2.18. The molecule has 0 radical (unpaired) electrons. The van der Waals surface area contributed by atoms with Gasteiger partial charge >= 0.3 is 0 Å². The van der Waals surface area contributed by atoms with Crippen LogP contribution in [0.25, 0.3) is 0 Å². The molecule has 0 spiro atoms. The highest BCUT2D eigenvalue weighted by Crippen LogP contribution is 2.30. The van der Waals surface area contributed by atoms with Crippen LogP contribution in [0, 0.1) is 18.7 Å². The molecule has 1 aliphatic carbocycles. The van der Waals surface area contributed by atoms with Crippen LogP contribution in [0.4, 0.5) is 4.39 Å². The smallest absolute Gasteiger partial charge is 0.261 e. The van der Waals surface area contributed by atoms with Crippen molar-refractivity contribution in [1.82, 2.24) is 4.90 Å². The minimum absolute atomic E-state index is 0.00419. The molecule has 0 aliphatic heterocycles. The SMILES string of the molecule is Cc1c(F)cc(C(=O)N(C)CC2CC2)cc1S(=O)(=O)Cl. The Labute approximate surface area is 121 Å². The largest absolute Gasteiger partial charge is 0.341 e. The summed E-state index contributed by atoms with van der Waals surface area (Å²) in [6.07, 6.45) is 2.17. The molecular weight excluding hydrogens is 305 g/mol. The third-order valence-electron chi connectivity index (χ3n) is 3.38. The van der Waals surface area contributed by atoms with Gasteiger partial charge in [0, 0.05) is 35.4 Å². The first-order valence-electron chi connectivity index (χ1n) is 6.20. The summed E-state index contributed by atoms with van der Waals surface area (Å²) in [7, 11) is 2.80. The molecule has 1 aliphatic rings. The van der Waals surface area contributed by atoms with Gasteiger partial charge in [0.2, 0.25) is 0 Å². The molecule has 1 aromatic rings. The average molecular weight is 320 g/mol. The van der Waals surface area contributed by atoms with E-state index < -0.39 is 20.8 Å². The molecule has 7 heteroatoms. The van der Waals surface area contributed by atoms with Crippen LogP contribution in [0.3, 0.4) is 0 Å². The number of nitrogens with zero attached hydrogens (tertiary/aromatic N) is 1. The predicted octanol–water partition coefficient (Wildman–Crippen LogP) is 2.54. The number of benzene rings is 1. The van der Waals surface area contributed by atoms with Gasteiger partial charge in [0.25, 0.3) is 15.0 Å². The first kappa shape index (κ1) is 15.3. The summed E-state index contributed by atoms with van der Waals surface area (Å²) in [5, 5.41) is 0. The van der Waals surface area contributed by atoms with Crippen LogP contribution in [-0.2, 0) is 9.05 Å². The van der Waals surface area contributed by atoms with Crippen LogP contribution in [0.5, 0.6) is 0 Å². The third kappa shape index (κ3) is 3.30. The third-order valence-corrected chi connectivity index (χ3v) is 4.83. The molecule has 0 aromatic heterocycles. The zero-order valence-electron chi connectivity index (χ0n) is 11.2. The maximum absolute atomic E-state index is 13.8. The number of hydrogen-bond donors (Lipinski definition) is 0. The van der Waals surface area contributed by atoms with Gasteiger partial charge in [0.1, 0.15) is 5.82 Å². The lowest BCUT2D eigenvalue weighted by Gasteiger charge is -2.17. The van der Waals surface area contributed by atoms with E-state index in [1.165, 1.54) is 11.8 Å². The average Bonchev–Trinajstić information content (AvgIpc) is 3.13. The maximum Gasteiger partial charge on any atom is 0.261 e. The van der Waals surface area contributed by atoms with Gasteiger partial charge in [0.05, 0.1) is 4.90 Å². The van der Waals surface area contributed by atoms with Gasteiger partial charge < -0.3 is 4.90 Å². The minimum Gasteiger partial charge on any atom is -0.341 e. The second kappa shape index (κ2) is 5.33. The van der Waals surface area contributed by atoms with Gasteiger partial charge in [0.15, 0.2) is 0 Å². The van der Waals surface area contributed by atoms with E-state index in [0.717, 1.165) is 25.0 Å². The van der Waals surface area contributed by atoms with E-state index in [9.17, 15) is 17.6 Å². The topological polar surface area (TPSA) is 54.5 Å². The fourth-order valence-electron chi connectivity index (χ4n) is 2.02. The molecule has 0 bridgehead atoms. The lowest BCUT2D eigenvalue weighted by Crippen LogP contribution is -2.29. The molecule has 0 atom stereocenters. The monoisotopic (exact) mass is 319 g/mol. The van der Waals surface area contributed by atoms with Crippen LogP contribution >= 0.6 is 10.7 Å². The normalized spacial score (nSPS) is 15.2. The lowest BCUT2D eigenvalue weighted by atomic mass is 10.1. The van der Waals surface area contributed by atoms with Crippen molar-refractivity contribution in [1.29, 1.82) is 0 Å². The molecule has 110 valence electrons. The first-order valence-corrected chi connectivity index (χ1v) is 8.51. The molecule has 4 nitrogen and oxygen atoms in total. The lowest BCUT2D eigenvalue weighted by molar-refractivity contribution is 0.0788. The van der Waals surface area contributed by atoms with Crippen molar-refractivity contribution >= 4 is 25.6 Å². The number of hydrogen-bond acceptors (Lipinski definition) is 3. The van der Waals surface area contributed by atoms with E-state index in [1.807, 2.05) is 0 Å². The van der Waals surface area contributed by atoms with Gasteiger partial charge in [-0.05, 0) is 37.8 Å². The molecule has 0 saturated heterocycles. The van der Waals surface area contributed by atoms with Crippen molar-refractivity contribution in [2.75, 3.05) is 13.6 Å². The molecule has 0 heterocycles. The standard InChI is InChI=1S/C13H15ClFNO3S/c1-8-11(15)5-10(6-12(8)20(14,18)19)13(17)16(2)7-9-3-4-9/h5-6,9H,3-4,7H2,1-2H3. The summed E-state index contributed by atoms with van der Waals surface area (Å²) in [4.78, 5) is 13.3. The molecular formula is C13H15ClFNO3S. The summed E-state index contributed by atoms with van der Waals surface area (Å²) < 4.78 is 36.6. The Morgan fingerprint density at radius 3 is 2.55 bits per heavy atom. The van der Waals surface area contributed by atoms with Crippen molar-refractivity contribution in [2.24, 2.45) is 5.92 Å². The Kier molecular flexibility index (Phi) is 4.07. The van der Waals surface area contributed by atoms with Crippen LogP contribution in [0.2, 0.25) is 0 Å². The molecule has 2 rings (SSSR count). The van der Waals surface area contributed by atoms with E-state index in [-0.39, 0.29) is 16.0 Å². The maximum atomic E-state index is 13.8. The quantitative estimate of drug-likeness (QED) is 0.801. The number of amides is 1. The van der Waals surface area contributed by atoms with Crippen molar-refractivity contribution < 1.29 is 17.6 Å². The minimum atomic E-state index is -4.09. The summed E-state index contributed by atoms with van der Waals surface area (Å²) in [5.41, 5.74) is -0.0862.